The number of nitrogens with two attached hydrogens (primary N) is 1. The van der Waals surface area contributed by atoms with Gasteiger partial charge < -0.3 is 11.1 Å². The number of amides is 1. The molecule has 0 radical (unpaired) electrons. The van der Waals surface area contributed by atoms with E-state index in [0.29, 0.717) is 17.3 Å². The first-order chi connectivity index (χ1) is 8.45. The maximum Gasteiger partial charge on any atom is 0.237 e. The number of carbonyl (C=O) groups is 1. The summed E-state index contributed by atoms with van der Waals surface area (Å²) in [6.45, 7) is 0. The molecule has 3 nitrogen and oxygen atoms in total. The molecule has 2 rings (SSSR count). The number of benzene rings is 1. The van der Waals surface area contributed by atoms with Gasteiger partial charge in [0.05, 0.1) is 16.1 Å². The number of hydrogen-bond acceptors (Lipinski definition) is 2. The maximum absolute atomic E-state index is 13.5. The Bertz CT molecular complexity index is 517. The van der Waals surface area contributed by atoms with Crippen LogP contribution in [-0.4, -0.2) is 10.9 Å². The van der Waals surface area contributed by atoms with E-state index in [1.165, 1.54) is 12.1 Å². The van der Waals surface area contributed by atoms with Crippen LogP contribution in [0.4, 0.5) is 10.1 Å². The lowest BCUT2D eigenvalue weighted by atomic mass is 9.68. The summed E-state index contributed by atoms with van der Waals surface area (Å²) >= 11 is 8.17. The first kappa shape index (κ1) is 13.4. The van der Waals surface area contributed by atoms with E-state index in [4.69, 9.17) is 18.0 Å². The second-order valence-electron chi connectivity index (χ2n) is 4.38. The van der Waals surface area contributed by atoms with Crippen LogP contribution in [0.1, 0.15) is 19.3 Å². The number of thiocarbonyl (C=S) groups is 1. The Morgan fingerprint density at radius 1 is 1.50 bits per heavy atom. The zero-order valence-corrected chi connectivity index (χ0v) is 11.9. The number of rotatable bonds is 3. The van der Waals surface area contributed by atoms with Crippen LogP contribution in [-0.2, 0) is 4.79 Å². The maximum atomic E-state index is 13.5. The van der Waals surface area contributed by atoms with Gasteiger partial charge in [-0.15, -0.1) is 0 Å². The monoisotopic (exact) mass is 330 g/mol. The molecule has 1 aromatic rings. The lowest BCUT2D eigenvalue weighted by Crippen LogP contribution is -2.50. The Morgan fingerprint density at radius 2 is 2.17 bits per heavy atom. The minimum Gasteiger partial charge on any atom is -0.392 e. The Kier molecular flexibility index (Phi) is 3.68. The molecule has 1 amide bonds. The summed E-state index contributed by atoms with van der Waals surface area (Å²) in [5.74, 6) is -0.804. The first-order valence-corrected chi connectivity index (χ1v) is 6.72. The highest BCUT2D eigenvalue weighted by Crippen LogP contribution is 2.42. The van der Waals surface area contributed by atoms with Crippen molar-refractivity contribution in [2.75, 3.05) is 5.32 Å². The Labute approximate surface area is 118 Å². The van der Waals surface area contributed by atoms with Crippen molar-refractivity contribution >= 4 is 44.7 Å². The summed E-state index contributed by atoms with van der Waals surface area (Å²) in [7, 11) is 0. The average molecular weight is 331 g/mol. The van der Waals surface area contributed by atoms with Gasteiger partial charge >= 0.3 is 0 Å². The SMILES string of the molecule is NC(=S)C1(C(=O)Nc2cc(Br)ccc2F)CCC1. The fourth-order valence-electron chi connectivity index (χ4n) is 1.95. The summed E-state index contributed by atoms with van der Waals surface area (Å²) in [5, 5.41) is 2.56. The van der Waals surface area contributed by atoms with Crippen molar-refractivity contribution < 1.29 is 9.18 Å². The second kappa shape index (κ2) is 4.93. The number of halogens is 2. The van der Waals surface area contributed by atoms with E-state index >= 15 is 0 Å². The molecule has 0 saturated heterocycles. The van der Waals surface area contributed by atoms with E-state index in [2.05, 4.69) is 21.2 Å². The predicted molar refractivity (Wildman–Crippen MR) is 75.8 cm³/mol. The molecule has 0 aromatic heterocycles. The van der Waals surface area contributed by atoms with Crippen molar-refractivity contribution in [3.8, 4) is 0 Å². The Hall–Kier alpha value is -1.01. The van der Waals surface area contributed by atoms with E-state index in [1.807, 2.05) is 0 Å². The molecule has 1 aliphatic carbocycles. The van der Waals surface area contributed by atoms with Crippen LogP contribution in [0.25, 0.3) is 0 Å². The molecule has 0 unspecified atom stereocenters. The molecule has 18 heavy (non-hydrogen) atoms. The van der Waals surface area contributed by atoms with Crippen LogP contribution in [0.3, 0.4) is 0 Å². The topological polar surface area (TPSA) is 55.1 Å². The summed E-state index contributed by atoms with van der Waals surface area (Å²) in [4.78, 5) is 12.3. The molecule has 6 heteroatoms. The van der Waals surface area contributed by atoms with Gasteiger partial charge in [-0.05, 0) is 31.0 Å². The van der Waals surface area contributed by atoms with E-state index in [0.717, 1.165) is 6.42 Å². The van der Waals surface area contributed by atoms with Crippen LogP contribution in [0.2, 0.25) is 0 Å². The lowest BCUT2D eigenvalue weighted by Gasteiger charge is -2.39. The molecule has 1 fully saturated rings. The highest BCUT2D eigenvalue weighted by molar-refractivity contribution is 9.10. The molecule has 1 saturated carbocycles. The van der Waals surface area contributed by atoms with Gasteiger partial charge in [-0.3, -0.25) is 4.79 Å². The van der Waals surface area contributed by atoms with Crippen LogP contribution in [0, 0.1) is 11.2 Å². The van der Waals surface area contributed by atoms with Crippen molar-refractivity contribution in [1.82, 2.24) is 0 Å². The molecule has 0 heterocycles. The molecular formula is C12H12BrFN2OS. The molecule has 0 aliphatic heterocycles. The number of carbonyl (C=O) groups excluding carboxylic acids is 1. The molecule has 96 valence electrons. The van der Waals surface area contributed by atoms with Gasteiger partial charge in [0.15, 0.2) is 0 Å². The van der Waals surface area contributed by atoms with E-state index in [-0.39, 0.29) is 16.6 Å². The fourth-order valence-corrected chi connectivity index (χ4v) is 2.61. The molecule has 1 aromatic carbocycles. The van der Waals surface area contributed by atoms with Gasteiger partial charge in [-0.2, -0.15) is 0 Å². The third-order valence-electron chi connectivity index (χ3n) is 3.29. The van der Waals surface area contributed by atoms with Crippen molar-refractivity contribution in [3.63, 3.8) is 0 Å². The molecule has 0 spiro atoms. The third kappa shape index (κ3) is 2.27. The Morgan fingerprint density at radius 3 is 2.67 bits per heavy atom. The van der Waals surface area contributed by atoms with E-state index < -0.39 is 11.2 Å². The number of hydrogen-bond donors (Lipinski definition) is 2. The normalized spacial score (nSPS) is 16.8. The van der Waals surface area contributed by atoms with Gasteiger partial charge in [-0.25, -0.2) is 4.39 Å². The van der Waals surface area contributed by atoms with Crippen LogP contribution in [0.5, 0.6) is 0 Å². The summed E-state index contributed by atoms with van der Waals surface area (Å²) in [6, 6.07) is 4.37. The van der Waals surface area contributed by atoms with Crippen LogP contribution < -0.4 is 11.1 Å². The van der Waals surface area contributed by atoms with Gasteiger partial charge in [0.25, 0.3) is 0 Å². The Balaban J connectivity index is 2.21. The smallest absolute Gasteiger partial charge is 0.237 e. The largest absolute Gasteiger partial charge is 0.392 e. The summed E-state index contributed by atoms with van der Waals surface area (Å²) < 4.78 is 14.2. The average Bonchev–Trinajstić information content (AvgIpc) is 2.21. The first-order valence-electron chi connectivity index (χ1n) is 5.52. The van der Waals surface area contributed by atoms with Crippen molar-refractivity contribution in [2.24, 2.45) is 11.1 Å². The van der Waals surface area contributed by atoms with Gasteiger partial charge in [0.1, 0.15) is 5.82 Å². The highest BCUT2D eigenvalue weighted by Gasteiger charge is 2.47. The van der Waals surface area contributed by atoms with Gasteiger partial charge in [0.2, 0.25) is 5.91 Å². The summed E-state index contributed by atoms with van der Waals surface area (Å²) in [6.07, 6.45) is 2.17. The summed E-state index contributed by atoms with van der Waals surface area (Å²) in [5.41, 5.74) is 4.96. The highest BCUT2D eigenvalue weighted by atomic mass is 79.9. The van der Waals surface area contributed by atoms with Crippen LogP contribution in [0.15, 0.2) is 22.7 Å². The predicted octanol–water partition coefficient (Wildman–Crippen LogP) is 2.98. The minimum atomic E-state index is -0.801. The van der Waals surface area contributed by atoms with Crippen LogP contribution >= 0.6 is 28.1 Å². The van der Waals surface area contributed by atoms with E-state index in [9.17, 15) is 9.18 Å². The van der Waals surface area contributed by atoms with Crippen molar-refractivity contribution in [3.05, 3.63) is 28.5 Å². The zero-order chi connectivity index (χ0) is 13.3. The number of nitrogens with one attached hydrogen (secondary N) is 1. The molecular weight excluding hydrogens is 319 g/mol. The molecule has 0 atom stereocenters. The van der Waals surface area contributed by atoms with E-state index in [1.54, 1.807) is 6.07 Å². The van der Waals surface area contributed by atoms with Crippen molar-refractivity contribution in [1.29, 1.82) is 0 Å². The minimum absolute atomic E-state index is 0.136. The second-order valence-corrected chi connectivity index (χ2v) is 5.73. The molecule has 0 bridgehead atoms. The zero-order valence-electron chi connectivity index (χ0n) is 9.50. The molecule has 3 N–H and O–H groups in total. The van der Waals surface area contributed by atoms with Gasteiger partial charge in [-0.1, -0.05) is 34.6 Å². The lowest BCUT2D eigenvalue weighted by molar-refractivity contribution is -0.125. The fraction of sp³-hybridized carbons (Fsp3) is 0.333. The standard InChI is InChI=1S/C12H12BrFN2OS/c13-7-2-3-8(14)9(6-7)16-11(17)12(10(15)18)4-1-5-12/h2-3,6H,1,4-5H2,(H2,15,18)(H,16,17). The number of anilines is 1. The quantitative estimate of drug-likeness (QED) is 0.838. The molecule has 1 aliphatic rings. The van der Waals surface area contributed by atoms with Crippen molar-refractivity contribution in [2.45, 2.75) is 19.3 Å². The van der Waals surface area contributed by atoms with Gasteiger partial charge in [0, 0.05) is 4.47 Å². The third-order valence-corrected chi connectivity index (χ3v) is 4.17.